The summed E-state index contributed by atoms with van der Waals surface area (Å²) in [5.74, 6) is 0.549. The second-order valence-electron chi connectivity index (χ2n) is 6.52. The number of amides is 1. The molecule has 0 spiro atoms. The number of aryl methyl sites for hydroxylation is 1. The van der Waals surface area contributed by atoms with Gasteiger partial charge in [0, 0.05) is 30.1 Å². The van der Waals surface area contributed by atoms with Crippen molar-refractivity contribution < 1.29 is 4.79 Å². The van der Waals surface area contributed by atoms with Crippen molar-refractivity contribution in [3.8, 4) is 16.9 Å². The van der Waals surface area contributed by atoms with Crippen molar-refractivity contribution in [2.24, 2.45) is 7.05 Å². The molecule has 7 nitrogen and oxygen atoms in total. The largest absolute Gasteiger partial charge is 0.342 e. The first-order valence-electron chi connectivity index (χ1n) is 8.96. The molecule has 1 amide bonds. The highest BCUT2D eigenvalue weighted by molar-refractivity contribution is 5.94. The minimum absolute atomic E-state index is 0.156. The minimum Gasteiger partial charge on any atom is -0.342 e. The van der Waals surface area contributed by atoms with E-state index in [4.69, 9.17) is 0 Å². The van der Waals surface area contributed by atoms with Gasteiger partial charge in [-0.3, -0.25) is 9.48 Å². The highest BCUT2D eigenvalue weighted by atomic mass is 16.1. The summed E-state index contributed by atoms with van der Waals surface area (Å²) in [6.45, 7) is 1.88. The Morgan fingerprint density at radius 3 is 2.46 bits per heavy atom. The summed E-state index contributed by atoms with van der Waals surface area (Å²) in [4.78, 5) is 21.2. The fraction of sp³-hybridized carbons (Fsp3) is 0.143. The van der Waals surface area contributed by atoms with Gasteiger partial charge in [-0.25, -0.2) is 9.97 Å². The van der Waals surface area contributed by atoms with Gasteiger partial charge in [0.2, 0.25) is 0 Å². The Kier molecular flexibility index (Phi) is 4.72. The highest BCUT2D eigenvalue weighted by Gasteiger charge is 2.15. The van der Waals surface area contributed by atoms with Crippen LogP contribution >= 0.6 is 0 Å². The Labute approximate surface area is 162 Å². The molecule has 4 aromatic rings. The molecular weight excluding hydrogens is 352 g/mol. The molecule has 0 unspecified atom stereocenters. The van der Waals surface area contributed by atoms with Crippen LogP contribution in [0.2, 0.25) is 0 Å². The van der Waals surface area contributed by atoms with Crippen molar-refractivity contribution in [2.75, 3.05) is 0 Å². The van der Waals surface area contributed by atoms with Gasteiger partial charge in [0.05, 0.1) is 18.1 Å². The Morgan fingerprint density at radius 2 is 1.79 bits per heavy atom. The van der Waals surface area contributed by atoms with E-state index in [1.54, 1.807) is 30.2 Å². The second-order valence-corrected chi connectivity index (χ2v) is 6.52. The van der Waals surface area contributed by atoms with E-state index >= 15 is 0 Å². The molecule has 140 valence electrons. The number of rotatable bonds is 5. The van der Waals surface area contributed by atoms with Crippen LogP contribution < -0.4 is 5.32 Å². The molecule has 2 aromatic heterocycles. The van der Waals surface area contributed by atoms with Gasteiger partial charge < -0.3 is 9.88 Å². The van der Waals surface area contributed by atoms with E-state index in [1.165, 1.54) is 6.33 Å². The third-order valence-electron chi connectivity index (χ3n) is 4.56. The van der Waals surface area contributed by atoms with Crippen molar-refractivity contribution in [2.45, 2.75) is 13.0 Å². The van der Waals surface area contributed by atoms with Gasteiger partial charge in [-0.1, -0.05) is 30.3 Å². The molecule has 0 aliphatic heterocycles. The van der Waals surface area contributed by atoms with E-state index in [1.807, 2.05) is 60.2 Å². The standard InChI is InChI=1S/C21H20N6O/c1-15(20-22-13-24-26(20)2)25-21(28)17-10-8-16(9-11-17)19-12-27(14-23-19)18-6-4-3-5-7-18/h3-15H,1-2H3,(H,25,28)/t15-/m0/s1. The number of hydrogen-bond donors (Lipinski definition) is 1. The highest BCUT2D eigenvalue weighted by Crippen LogP contribution is 2.20. The zero-order valence-electron chi connectivity index (χ0n) is 15.6. The monoisotopic (exact) mass is 372 g/mol. The van der Waals surface area contributed by atoms with Crippen LogP contribution in [0.5, 0.6) is 0 Å². The minimum atomic E-state index is -0.235. The van der Waals surface area contributed by atoms with Crippen LogP contribution in [0.4, 0.5) is 0 Å². The van der Waals surface area contributed by atoms with Crippen LogP contribution in [0.3, 0.4) is 0 Å². The van der Waals surface area contributed by atoms with E-state index in [0.717, 1.165) is 16.9 Å². The zero-order valence-corrected chi connectivity index (χ0v) is 15.6. The van der Waals surface area contributed by atoms with E-state index in [2.05, 4.69) is 20.4 Å². The molecule has 1 atom stereocenters. The number of benzene rings is 2. The Bertz CT molecular complexity index is 1080. The fourth-order valence-electron chi connectivity index (χ4n) is 3.05. The van der Waals surface area contributed by atoms with Crippen LogP contribution in [0.1, 0.15) is 29.1 Å². The molecule has 28 heavy (non-hydrogen) atoms. The molecule has 0 saturated carbocycles. The van der Waals surface area contributed by atoms with Crippen molar-refractivity contribution in [1.29, 1.82) is 0 Å². The molecule has 0 radical (unpaired) electrons. The normalized spacial score (nSPS) is 11.9. The van der Waals surface area contributed by atoms with E-state index in [0.29, 0.717) is 11.4 Å². The van der Waals surface area contributed by atoms with Crippen LogP contribution in [0.15, 0.2) is 73.4 Å². The number of carbonyl (C=O) groups is 1. The maximum absolute atomic E-state index is 12.5. The van der Waals surface area contributed by atoms with Gasteiger partial charge in [-0.15, -0.1) is 0 Å². The molecule has 4 rings (SSSR count). The molecule has 2 heterocycles. The molecular formula is C21H20N6O. The third kappa shape index (κ3) is 3.55. The Balaban J connectivity index is 1.47. The molecule has 0 bridgehead atoms. The lowest BCUT2D eigenvalue weighted by molar-refractivity contribution is 0.0937. The first-order valence-corrected chi connectivity index (χ1v) is 8.96. The molecule has 1 N–H and O–H groups in total. The predicted octanol–water partition coefficient (Wildman–Crippen LogP) is 3.16. The number of imidazole rings is 1. The third-order valence-corrected chi connectivity index (χ3v) is 4.56. The van der Waals surface area contributed by atoms with Crippen molar-refractivity contribution in [3.63, 3.8) is 0 Å². The van der Waals surface area contributed by atoms with Crippen LogP contribution in [0.25, 0.3) is 16.9 Å². The summed E-state index contributed by atoms with van der Waals surface area (Å²) >= 11 is 0. The first kappa shape index (κ1) is 17.7. The van der Waals surface area contributed by atoms with Crippen LogP contribution in [-0.4, -0.2) is 30.2 Å². The first-order chi connectivity index (χ1) is 13.6. The summed E-state index contributed by atoms with van der Waals surface area (Å²) in [5.41, 5.74) is 3.44. The fourth-order valence-corrected chi connectivity index (χ4v) is 3.05. The molecule has 2 aromatic carbocycles. The number of nitrogens with zero attached hydrogens (tertiary/aromatic N) is 5. The SMILES string of the molecule is C[C@H](NC(=O)c1ccc(-c2cn(-c3ccccc3)cn2)cc1)c1ncnn1C. The number of carbonyl (C=O) groups excluding carboxylic acids is 1. The average Bonchev–Trinajstić information content (AvgIpc) is 3.38. The van der Waals surface area contributed by atoms with Gasteiger partial charge in [0.25, 0.3) is 5.91 Å². The van der Waals surface area contributed by atoms with Gasteiger partial charge in [-0.05, 0) is 31.2 Å². The smallest absolute Gasteiger partial charge is 0.251 e. The van der Waals surface area contributed by atoms with Crippen molar-refractivity contribution in [1.82, 2.24) is 29.6 Å². The number of aromatic nitrogens is 5. The lowest BCUT2D eigenvalue weighted by Gasteiger charge is -2.13. The molecule has 0 fully saturated rings. The van der Waals surface area contributed by atoms with E-state index in [-0.39, 0.29) is 11.9 Å². The number of hydrogen-bond acceptors (Lipinski definition) is 4. The van der Waals surface area contributed by atoms with Gasteiger partial charge in [0.15, 0.2) is 0 Å². The maximum atomic E-state index is 12.5. The van der Waals surface area contributed by atoms with Gasteiger partial charge in [-0.2, -0.15) is 5.10 Å². The van der Waals surface area contributed by atoms with E-state index in [9.17, 15) is 4.79 Å². The lowest BCUT2D eigenvalue weighted by Crippen LogP contribution is -2.28. The summed E-state index contributed by atoms with van der Waals surface area (Å²) < 4.78 is 3.62. The average molecular weight is 372 g/mol. The number of para-hydroxylation sites is 1. The zero-order chi connectivity index (χ0) is 19.5. The van der Waals surface area contributed by atoms with E-state index < -0.39 is 0 Å². The lowest BCUT2D eigenvalue weighted by atomic mass is 10.1. The Hall–Kier alpha value is -3.74. The molecule has 0 aliphatic carbocycles. The van der Waals surface area contributed by atoms with Crippen LogP contribution in [-0.2, 0) is 7.05 Å². The maximum Gasteiger partial charge on any atom is 0.251 e. The van der Waals surface area contributed by atoms with Crippen molar-refractivity contribution >= 4 is 5.91 Å². The number of nitrogens with one attached hydrogen (secondary N) is 1. The second kappa shape index (κ2) is 7.48. The van der Waals surface area contributed by atoms with Crippen LogP contribution in [0, 0.1) is 0 Å². The van der Waals surface area contributed by atoms with Crippen molar-refractivity contribution in [3.05, 3.63) is 84.8 Å². The summed E-state index contributed by atoms with van der Waals surface area (Å²) in [6.07, 6.45) is 5.23. The van der Waals surface area contributed by atoms with Gasteiger partial charge in [0.1, 0.15) is 12.2 Å². The molecule has 0 saturated heterocycles. The topological polar surface area (TPSA) is 77.6 Å². The summed E-state index contributed by atoms with van der Waals surface area (Å²) in [6, 6.07) is 17.2. The molecule has 7 heteroatoms. The summed E-state index contributed by atoms with van der Waals surface area (Å²) in [7, 11) is 1.80. The summed E-state index contributed by atoms with van der Waals surface area (Å²) in [5, 5.41) is 6.97. The predicted molar refractivity (Wildman–Crippen MR) is 106 cm³/mol. The quantitative estimate of drug-likeness (QED) is 0.584. The Morgan fingerprint density at radius 1 is 1.04 bits per heavy atom. The van der Waals surface area contributed by atoms with Gasteiger partial charge >= 0.3 is 0 Å². The molecule has 0 aliphatic rings.